The van der Waals surface area contributed by atoms with Crippen molar-refractivity contribution < 1.29 is 13.2 Å². The van der Waals surface area contributed by atoms with E-state index in [1.807, 2.05) is 18.2 Å². The fourth-order valence-corrected chi connectivity index (χ4v) is 6.76. The monoisotopic (exact) mass is 463 g/mol. The number of nitrogens with zero attached hydrogens (tertiary/aromatic N) is 2. The number of aliphatic imine (C=N–C) groups is 1. The highest BCUT2D eigenvalue weighted by Gasteiger charge is 2.46. The molecule has 0 bridgehead atoms. The van der Waals surface area contributed by atoms with Crippen molar-refractivity contribution in [3.8, 4) is 0 Å². The third-order valence-corrected chi connectivity index (χ3v) is 8.08. The van der Waals surface area contributed by atoms with Crippen LogP contribution in [-0.2, 0) is 21.1 Å². The van der Waals surface area contributed by atoms with Gasteiger partial charge in [0.05, 0.1) is 29.3 Å². The van der Waals surface area contributed by atoms with Crippen LogP contribution in [0.25, 0.3) is 0 Å². The summed E-state index contributed by atoms with van der Waals surface area (Å²) in [5, 5.41) is 4.13. The molecule has 0 aliphatic carbocycles. The van der Waals surface area contributed by atoms with Crippen molar-refractivity contribution in [3.05, 3.63) is 65.2 Å². The van der Waals surface area contributed by atoms with Gasteiger partial charge in [-0.25, -0.2) is 8.42 Å². The van der Waals surface area contributed by atoms with Gasteiger partial charge in [-0.15, -0.1) is 0 Å². The van der Waals surface area contributed by atoms with E-state index >= 15 is 0 Å². The summed E-state index contributed by atoms with van der Waals surface area (Å²) >= 11 is 7.31. The van der Waals surface area contributed by atoms with Gasteiger partial charge in [-0.05, 0) is 30.2 Å². The number of amidine groups is 1. The lowest BCUT2D eigenvalue weighted by Crippen LogP contribution is -2.40. The minimum Gasteiger partial charge on any atom is -0.345 e. The molecule has 4 rings (SSSR count). The highest BCUT2D eigenvalue weighted by atomic mass is 35.5. The van der Waals surface area contributed by atoms with Gasteiger partial charge in [-0.1, -0.05) is 59.8 Å². The summed E-state index contributed by atoms with van der Waals surface area (Å²) in [6, 6.07) is 16.7. The molecule has 1 saturated heterocycles. The van der Waals surface area contributed by atoms with Crippen molar-refractivity contribution in [2.45, 2.75) is 18.5 Å². The summed E-state index contributed by atoms with van der Waals surface area (Å²) < 4.78 is 24.2. The lowest BCUT2D eigenvalue weighted by molar-refractivity contribution is -0.113. The molecule has 0 aromatic heterocycles. The second kappa shape index (κ2) is 8.99. The van der Waals surface area contributed by atoms with Gasteiger partial charge in [0.1, 0.15) is 0 Å². The summed E-state index contributed by atoms with van der Waals surface area (Å²) in [7, 11) is -3.07. The highest BCUT2D eigenvalue weighted by molar-refractivity contribution is 8.14. The van der Waals surface area contributed by atoms with E-state index in [9.17, 15) is 13.2 Å². The predicted octanol–water partition coefficient (Wildman–Crippen LogP) is 3.09. The number of fused-ring (bicyclic) bond motifs is 1. The molecule has 0 radical (unpaired) electrons. The second-order valence-corrected chi connectivity index (χ2v) is 10.9. The number of carbonyl (C=O) groups is 1. The van der Waals surface area contributed by atoms with Gasteiger partial charge in [0.15, 0.2) is 15.0 Å². The SMILES string of the molecule is O=C(CSC1=N[C@@H]2CS(=O)(=O)C[C@@H]2N1CCc1ccccc1)Nc1cccc(Cl)c1. The first-order chi connectivity index (χ1) is 14.4. The van der Waals surface area contributed by atoms with E-state index in [0.29, 0.717) is 17.3 Å². The number of hydrogen-bond acceptors (Lipinski definition) is 6. The molecule has 6 nitrogen and oxygen atoms in total. The Morgan fingerprint density at radius 2 is 1.97 bits per heavy atom. The van der Waals surface area contributed by atoms with Crippen LogP contribution in [0.2, 0.25) is 5.02 Å². The van der Waals surface area contributed by atoms with E-state index in [-0.39, 0.29) is 35.2 Å². The summed E-state index contributed by atoms with van der Waals surface area (Å²) in [4.78, 5) is 19.1. The number of benzene rings is 2. The van der Waals surface area contributed by atoms with Gasteiger partial charge < -0.3 is 10.2 Å². The number of amides is 1. The van der Waals surface area contributed by atoms with Crippen molar-refractivity contribution >= 4 is 50.0 Å². The molecular weight excluding hydrogens is 442 g/mol. The van der Waals surface area contributed by atoms with Crippen molar-refractivity contribution in [1.29, 1.82) is 0 Å². The predicted molar refractivity (Wildman–Crippen MR) is 123 cm³/mol. The maximum absolute atomic E-state index is 12.4. The molecular formula is C21H22ClN3O3S2. The van der Waals surface area contributed by atoms with Gasteiger partial charge in [0.2, 0.25) is 5.91 Å². The highest BCUT2D eigenvalue weighted by Crippen LogP contribution is 2.31. The molecule has 0 saturated carbocycles. The minimum absolute atomic E-state index is 0.0816. The molecule has 0 unspecified atom stereocenters. The van der Waals surface area contributed by atoms with Crippen LogP contribution in [0.3, 0.4) is 0 Å². The van der Waals surface area contributed by atoms with Crippen LogP contribution in [0.5, 0.6) is 0 Å². The number of thioether (sulfide) groups is 1. The number of anilines is 1. The van der Waals surface area contributed by atoms with Crippen LogP contribution >= 0.6 is 23.4 Å². The van der Waals surface area contributed by atoms with Crippen LogP contribution in [0.1, 0.15) is 5.56 Å². The maximum atomic E-state index is 12.4. The largest absolute Gasteiger partial charge is 0.345 e. The third kappa shape index (κ3) is 5.17. The molecule has 158 valence electrons. The van der Waals surface area contributed by atoms with Crippen LogP contribution in [-0.4, -0.2) is 60.3 Å². The summed E-state index contributed by atoms with van der Waals surface area (Å²) in [5.41, 5.74) is 1.83. The Balaban J connectivity index is 1.41. The average Bonchev–Trinajstić information content (AvgIpc) is 3.17. The van der Waals surface area contributed by atoms with Gasteiger partial charge in [0, 0.05) is 17.3 Å². The van der Waals surface area contributed by atoms with E-state index < -0.39 is 9.84 Å². The first-order valence-corrected chi connectivity index (χ1v) is 12.9. The molecule has 1 amide bonds. The average molecular weight is 464 g/mol. The Bertz CT molecular complexity index is 1060. The van der Waals surface area contributed by atoms with Crippen LogP contribution in [0.4, 0.5) is 5.69 Å². The number of carbonyl (C=O) groups excluding carboxylic acids is 1. The lowest BCUT2D eigenvalue weighted by atomic mass is 10.1. The fraction of sp³-hybridized carbons (Fsp3) is 0.333. The first-order valence-electron chi connectivity index (χ1n) is 9.67. The fourth-order valence-electron chi connectivity index (χ4n) is 3.76. The van der Waals surface area contributed by atoms with E-state index in [1.165, 1.54) is 17.3 Å². The smallest absolute Gasteiger partial charge is 0.234 e. The Morgan fingerprint density at radius 1 is 1.17 bits per heavy atom. The zero-order valence-electron chi connectivity index (χ0n) is 16.2. The zero-order valence-corrected chi connectivity index (χ0v) is 18.6. The molecule has 2 heterocycles. The molecule has 2 aliphatic heterocycles. The molecule has 0 spiro atoms. The van der Waals surface area contributed by atoms with Crippen LogP contribution in [0.15, 0.2) is 59.6 Å². The molecule has 30 heavy (non-hydrogen) atoms. The normalized spacial score (nSPS) is 21.9. The van der Waals surface area contributed by atoms with Crippen molar-refractivity contribution in [2.24, 2.45) is 4.99 Å². The first kappa shape index (κ1) is 21.2. The third-order valence-electron chi connectivity index (χ3n) is 5.14. The lowest BCUT2D eigenvalue weighted by Gasteiger charge is -2.26. The van der Waals surface area contributed by atoms with E-state index in [2.05, 4.69) is 27.3 Å². The van der Waals surface area contributed by atoms with Crippen molar-refractivity contribution in [3.63, 3.8) is 0 Å². The summed E-state index contributed by atoms with van der Waals surface area (Å²) in [6.07, 6.45) is 0.790. The number of hydrogen-bond donors (Lipinski definition) is 1. The number of nitrogens with one attached hydrogen (secondary N) is 1. The molecule has 2 aliphatic rings. The van der Waals surface area contributed by atoms with Crippen LogP contribution in [0, 0.1) is 0 Å². The summed E-state index contributed by atoms with van der Waals surface area (Å²) in [6.45, 7) is 0.669. The van der Waals surface area contributed by atoms with Gasteiger partial charge in [-0.2, -0.15) is 0 Å². The molecule has 9 heteroatoms. The van der Waals surface area contributed by atoms with E-state index in [4.69, 9.17) is 11.6 Å². The summed E-state index contributed by atoms with van der Waals surface area (Å²) in [5.74, 6) is 0.240. The Labute approximate surface area is 185 Å². The number of sulfone groups is 1. The Morgan fingerprint density at radius 3 is 2.73 bits per heavy atom. The van der Waals surface area contributed by atoms with Crippen LogP contribution < -0.4 is 5.32 Å². The molecule has 2 aromatic carbocycles. The molecule has 2 atom stereocenters. The second-order valence-electron chi connectivity index (χ2n) is 7.40. The quantitative estimate of drug-likeness (QED) is 0.712. The number of rotatable bonds is 6. The Hall–Kier alpha value is -2.03. The van der Waals surface area contributed by atoms with Crippen molar-refractivity contribution in [1.82, 2.24) is 4.90 Å². The molecule has 1 fully saturated rings. The van der Waals surface area contributed by atoms with Crippen molar-refractivity contribution in [2.75, 3.05) is 29.1 Å². The van der Waals surface area contributed by atoms with Gasteiger partial charge in [-0.3, -0.25) is 9.79 Å². The minimum atomic E-state index is -3.07. The van der Waals surface area contributed by atoms with Gasteiger partial charge >= 0.3 is 0 Å². The molecule has 1 N–H and O–H groups in total. The zero-order chi connectivity index (χ0) is 21.1. The van der Waals surface area contributed by atoms with Gasteiger partial charge in [0.25, 0.3) is 0 Å². The topological polar surface area (TPSA) is 78.8 Å². The Kier molecular flexibility index (Phi) is 6.36. The number of halogens is 1. The standard InChI is InChI=1S/C21H22ClN3O3S2/c22-16-7-4-8-17(11-16)23-20(26)12-29-21-24-18-13-30(27,28)14-19(18)25(21)10-9-15-5-2-1-3-6-15/h1-8,11,18-19H,9-10,12-14H2,(H,23,26)/t18-,19+/m1/s1. The van der Waals surface area contributed by atoms with E-state index in [1.54, 1.807) is 24.3 Å². The molecule has 2 aromatic rings. The van der Waals surface area contributed by atoms with E-state index in [0.717, 1.165) is 11.6 Å². The maximum Gasteiger partial charge on any atom is 0.234 e.